The minimum atomic E-state index is -0.467. The zero-order valence-electron chi connectivity index (χ0n) is 14.9. The molecule has 0 saturated heterocycles. The number of carbonyl (C=O) groups is 1. The number of nitro benzene ring substituents is 1. The summed E-state index contributed by atoms with van der Waals surface area (Å²) in [6.45, 7) is 2.18. The Morgan fingerprint density at radius 2 is 2.19 bits per heavy atom. The number of nitriles is 1. The SMILES string of the molecule is CCC1CCc2c(sc(NC(=O)/C=C/c3ccc([N+](=O)[O-])cc3)c2C#N)C1. The van der Waals surface area contributed by atoms with Crippen LogP contribution in [0.5, 0.6) is 0 Å². The summed E-state index contributed by atoms with van der Waals surface area (Å²) < 4.78 is 0. The summed E-state index contributed by atoms with van der Waals surface area (Å²) in [5.74, 6) is 0.323. The van der Waals surface area contributed by atoms with E-state index in [1.54, 1.807) is 18.2 Å². The third-order valence-corrected chi connectivity index (χ3v) is 5.99. The number of hydrogen-bond donors (Lipinski definition) is 1. The number of nitrogens with one attached hydrogen (secondary N) is 1. The first-order chi connectivity index (χ1) is 13.0. The van der Waals surface area contributed by atoms with Gasteiger partial charge in [-0.15, -0.1) is 11.3 Å². The van der Waals surface area contributed by atoms with Crippen molar-refractivity contribution in [3.8, 4) is 6.07 Å². The van der Waals surface area contributed by atoms with Gasteiger partial charge in [0.25, 0.3) is 5.69 Å². The minimum absolute atomic E-state index is 0.00446. The highest BCUT2D eigenvalue weighted by Crippen LogP contribution is 2.39. The summed E-state index contributed by atoms with van der Waals surface area (Å²) in [6.07, 6.45) is 7.03. The van der Waals surface area contributed by atoms with Crippen LogP contribution in [0.3, 0.4) is 0 Å². The molecule has 0 saturated carbocycles. The van der Waals surface area contributed by atoms with E-state index in [2.05, 4.69) is 18.3 Å². The van der Waals surface area contributed by atoms with E-state index >= 15 is 0 Å². The molecule has 2 aromatic rings. The average molecular weight is 381 g/mol. The molecule has 1 aromatic carbocycles. The standard InChI is InChI=1S/C20H19N3O3S/c1-2-13-5-9-16-17(12-21)20(27-18(16)11-13)22-19(24)10-6-14-3-7-15(8-4-14)23(25)26/h3-4,6-8,10,13H,2,5,9,11H2,1H3,(H,22,24)/b10-6+. The number of carbonyl (C=O) groups excluding carboxylic acids is 1. The second-order valence-corrected chi connectivity index (χ2v) is 7.61. The summed E-state index contributed by atoms with van der Waals surface area (Å²) in [4.78, 5) is 23.7. The lowest BCUT2D eigenvalue weighted by Gasteiger charge is -2.20. The first kappa shape index (κ1) is 18.8. The van der Waals surface area contributed by atoms with Crippen LogP contribution >= 0.6 is 11.3 Å². The largest absolute Gasteiger partial charge is 0.313 e. The molecular formula is C20H19N3O3S. The van der Waals surface area contributed by atoms with E-state index in [1.807, 2.05) is 0 Å². The van der Waals surface area contributed by atoms with Gasteiger partial charge in [-0.3, -0.25) is 14.9 Å². The summed E-state index contributed by atoms with van der Waals surface area (Å²) >= 11 is 1.50. The molecule has 1 aliphatic rings. The number of thiophene rings is 1. The zero-order chi connectivity index (χ0) is 19.4. The van der Waals surface area contributed by atoms with Gasteiger partial charge in [0.1, 0.15) is 11.1 Å². The lowest BCUT2D eigenvalue weighted by Crippen LogP contribution is -2.12. The van der Waals surface area contributed by atoms with E-state index in [4.69, 9.17) is 0 Å². The molecule has 27 heavy (non-hydrogen) atoms. The van der Waals surface area contributed by atoms with E-state index < -0.39 is 4.92 Å². The fourth-order valence-electron chi connectivity index (χ4n) is 3.24. The minimum Gasteiger partial charge on any atom is -0.313 e. The average Bonchev–Trinajstić information content (AvgIpc) is 3.02. The van der Waals surface area contributed by atoms with E-state index in [-0.39, 0.29) is 11.6 Å². The fraction of sp³-hybridized carbons (Fsp3) is 0.300. The maximum atomic E-state index is 12.3. The molecule has 138 valence electrons. The van der Waals surface area contributed by atoms with Gasteiger partial charge in [0.05, 0.1) is 10.5 Å². The molecule has 0 bridgehead atoms. The highest BCUT2D eigenvalue weighted by molar-refractivity contribution is 7.16. The predicted octanol–water partition coefficient (Wildman–Crippen LogP) is 4.69. The first-order valence-electron chi connectivity index (χ1n) is 8.80. The smallest absolute Gasteiger partial charge is 0.269 e. The number of rotatable bonds is 5. The molecule has 0 radical (unpaired) electrons. The molecule has 1 unspecified atom stereocenters. The second-order valence-electron chi connectivity index (χ2n) is 6.51. The number of anilines is 1. The Morgan fingerprint density at radius 3 is 2.81 bits per heavy atom. The maximum absolute atomic E-state index is 12.3. The van der Waals surface area contributed by atoms with Crippen LogP contribution in [-0.2, 0) is 17.6 Å². The molecule has 0 fully saturated rings. The van der Waals surface area contributed by atoms with Gasteiger partial charge >= 0.3 is 0 Å². The van der Waals surface area contributed by atoms with E-state index in [0.29, 0.717) is 22.0 Å². The topological polar surface area (TPSA) is 96.0 Å². The monoisotopic (exact) mass is 381 g/mol. The number of nitrogens with zero attached hydrogens (tertiary/aromatic N) is 2. The van der Waals surface area contributed by atoms with Crippen molar-refractivity contribution in [2.45, 2.75) is 32.6 Å². The highest BCUT2D eigenvalue weighted by Gasteiger charge is 2.25. The maximum Gasteiger partial charge on any atom is 0.269 e. The van der Waals surface area contributed by atoms with E-state index in [1.165, 1.54) is 34.4 Å². The van der Waals surface area contributed by atoms with Crippen molar-refractivity contribution in [3.63, 3.8) is 0 Å². The first-order valence-corrected chi connectivity index (χ1v) is 9.61. The number of fused-ring (bicyclic) bond motifs is 1. The van der Waals surface area contributed by atoms with Crippen LogP contribution in [0.4, 0.5) is 10.7 Å². The van der Waals surface area contributed by atoms with Crippen molar-refractivity contribution in [1.29, 1.82) is 5.26 Å². The van der Waals surface area contributed by atoms with Crippen molar-refractivity contribution in [1.82, 2.24) is 0 Å². The Hall–Kier alpha value is -2.98. The molecule has 6 nitrogen and oxygen atoms in total. The molecule has 3 rings (SSSR count). The summed E-state index contributed by atoms with van der Waals surface area (Å²) in [6, 6.07) is 8.19. The van der Waals surface area contributed by atoms with Gasteiger partial charge in [0, 0.05) is 23.1 Å². The Bertz CT molecular complexity index is 939. The fourth-order valence-corrected chi connectivity index (χ4v) is 4.56. The predicted molar refractivity (Wildman–Crippen MR) is 106 cm³/mol. The van der Waals surface area contributed by atoms with Crippen LogP contribution < -0.4 is 5.32 Å². The zero-order valence-corrected chi connectivity index (χ0v) is 15.7. The van der Waals surface area contributed by atoms with Crippen LogP contribution in [0.15, 0.2) is 30.3 Å². The third kappa shape index (κ3) is 4.23. The van der Waals surface area contributed by atoms with Crippen LogP contribution in [0, 0.1) is 27.4 Å². The van der Waals surface area contributed by atoms with Crippen molar-refractivity contribution >= 4 is 34.0 Å². The van der Waals surface area contributed by atoms with Crippen LogP contribution in [-0.4, -0.2) is 10.8 Å². The molecule has 7 heteroatoms. The third-order valence-electron chi connectivity index (χ3n) is 4.82. The molecule has 1 atom stereocenters. The molecule has 1 amide bonds. The van der Waals surface area contributed by atoms with Gasteiger partial charge in [-0.25, -0.2) is 0 Å². The van der Waals surface area contributed by atoms with Gasteiger partial charge in [0.2, 0.25) is 5.91 Å². The van der Waals surface area contributed by atoms with Crippen molar-refractivity contribution in [2.24, 2.45) is 5.92 Å². The Balaban J connectivity index is 1.72. The van der Waals surface area contributed by atoms with Gasteiger partial charge in [-0.2, -0.15) is 5.26 Å². The van der Waals surface area contributed by atoms with Gasteiger partial charge in [-0.1, -0.05) is 13.3 Å². The number of hydrogen-bond acceptors (Lipinski definition) is 5. The van der Waals surface area contributed by atoms with Crippen LogP contribution in [0.25, 0.3) is 6.08 Å². The molecule has 0 spiro atoms. The van der Waals surface area contributed by atoms with Gasteiger partial charge in [0.15, 0.2) is 0 Å². The van der Waals surface area contributed by atoms with Crippen molar-refractivity contribution in [3.05, 3.63) is 62.0 Å². The lowest BCUT2D eigenvalue weighted by molar-refractivity contribution is -0.384. The quantitative estimate of drug-likeness (QED) is 0.461. The van der Waals surface area contributed by atoms with Gasteiger partial charge < -0.3 is 5.32 Å². The van der Waals surface area contributed by atoms with Crippen LogP contribution in [0.1, 0.15) is 41.3 Å². The van der Waals surface area contributed by atoms with Crippen molar-refractivity contribution < 1.29 is 9.72 Å². The molecule has 1 aliphatic carbocycles. The molecule has 1 N–H and O–H groups in total. The second kappa shape index (κ2) is 8.14. The molecule has 0 aliphatic heterocycles. The number of nitro groups is 1. The summed E-state index contributed by atoms with van der Waals surface area (Å²) in [5, 5.41) is 23.6. The van der Waals surface area contributed by atoms with E-state index in [9.17, 15) is 20.2 Å². The normalized spacial score (nSPS) is 15.9. The van der Waals surface area contributed by atoms with Gasteiger partial charge in [-0.05, 0) is 54.5 Å². The number of amides is 1. The molecule has 1 heterocycles. The van der Waals surface area contributed by atoms with Crippen LogP contribution in [0.2, 0.25) is 0 Å². The van der Waals surface area contributed by atoms with E-state index in [0.717, 1.165) is 31.2 Å². The lowest BCUT2D eigenvalue weighted by atomic mass is 9.86. The Labute approximate surface area is 161 Å². The summed E-state index contributed by atoms with van der Waals surface area (Å²) in [7, 11) is 0. The highest BCUT2D eigenvalue weighted by atomic mass is 32.1. The number of non-ortho nitro benzene ring substituents is 1. The Morgan fingerprint density at radius 1 is 1.44 bits per heavy atom. The summed E-state index contributed by atoms with van der Waals surface area (Å²) in [5.41, 5.74) is 2.36. The molecule has 1 aromatic heterocycles. The number of benzene rings is 1. The van der Waals surface area contributed by atoms with Crippen molar-refractivity contribution in [2.75, 3.05) is 5.32 Å². The molecular weight excluding hydrogens is 362 g/mol. The Kier molecular flexibility index (Phi) is 5.67.